The van der Waals surface area contributed by atoms with Crippen LogP contribution < -0.4 is 10.6 Å². The molecule has 0 aromatic carbocycles. The molecule has 0 aromatic heterocycles. The van der Waals surface area contributed by atoms with E-state index in [0.29, 0.717) is 18.4 Å². The van der Waals surface area contributed by atoms with Gasteiger partial charge in [-0.2, -0.15) is 0 Å². The Morgan fingerprint density at radius 1 is 1.39 bits per heavy atom. The van der Waals surface area contributed by atoms with Crippen LogP contribution in [0.1, 0.15) is 12.8 Å². The number of allylic oxidation sites excluding steroid dienone is 1. The number of hydrogen-bond donors (Lipinski definition) is 2. The number of rotatable bonds is 3. The van der Waals surface area contributed by atoms with E-state index in [-0.39, 0.29) is 11.8 Å². The molecule has 18 heavy (non-hydrogen) atoms. The molecule has 0 amide bonds. The standard InChI is InChI=1S/C14H20N2O2/c17-14-10(1-2-11-8-18-9-13(11)14)7-16-12-3-5-15-6-4-12/h1-2,8,10,12-13,15-16H,3-7,9H2. The molecular formula is C14H20N2O2. The first-order valence-electron chi connectivity index (χ1n) is 6.82. The molecule has 0 bridgehead atoms. The third kappa shape index (κ3) is 2.35. The smallest absolute Gasteiger partial charge is 0.151 e. The summed E-state index contributed by atoms with van der Waals surface area (Å²) in [6, 6.07) is 0.559. The molecule has 0 aromatic rings. The SMILES string of the molecule is O=C1C(CNC2CCNCC2)C=CC2=COCC12. The van der Waals surface area contributed by atoms with Crippen LogP contribution in [0.25, 0.3) is 0 Å². The number of piperidine rings is 1. The maximum absolute atomic E-state index is 12.3. The Balaban J connectivity index is 1.55. The minimum Gasteiger partial charge on any atom is -0.500 e. The fraction of sp³-hybridized carbons (Fsp3) is 0.643. The minimum absolute atomic E-state index is 0.0173. The number of Topliss-reactive ketones (excluding diaryl/α,β-unsaturated/α-hetero) is 1. The first-order valence-corrected chi connectivity index (χ1v) is 6.82. The van der Waals surface area contributed by atoms with E-state index in [1.54, 1.807) is 6.26 Å². The predicted octanol–water partition coefficient (Wildman–Crippen LogP) is 0.613. The molecule has 1 fully saturated rings. The second-order valence-electron chi connectivity index (χ2n) is 5.30. The van der Waals surface area contributed by atoms with Gasteiger partial charge in [0.2, 0.25) is 0 Å². The zero-order chi connectivity index (χ0) is 12.4. The first-order chi connectivity index (χ1) is 8.84. The molecule has 2 aliphatic heterocycles. The van der Waals surface area contributed by atoms with Crippen LogP contribution in [0.5, 0.6) is 0 Å². The van der Waals surface area contributed by atoms with E-state index in [4.69, 9.17) is 4.74 Å². The zero-order valence-corrected chi connectivity index (χ0v) is 10.5. The first kappa shape index (κ1) is 11.9. The van der Waals surface area contributed by atoms with E-state index in [0.717, 1.165) is 38.0 Å². The summed E-state index contributed by atoms with van der Waals surface area (Å²) in [4.78, 5) is 12.3. The van der Waals surface area contributed by atoms with Gasteiger partial charge >= 0.3 is 0 Å². The van der Waals surface area contributed by atoms with Gasteiger partial charge in [0.15, 0.2) is 5.78 Å². The largest absolute Gasteiger partial charge is 0.500 e. The normalized spacial score (nSPS) is 32.0. The van der Waals surface area contributed by atoms with Crippen LogP contribution in [0.15, 0.2) is 24.0 Å². The highest BCUT2D eigenvalue weighted by atomic mass is 16.5. The summed E-state index contributed by atoms with van der Waals surface area (Å²) in [5, 5.41) is 6.88. The van der Waals surface area contributed by atoms with Crippen LogP contribution in [0.2, 0.25) is 0 Å². The highest BCUT2D eigenvalue weighted by Crippen LogP contribution is 2.29. The number of nitrogens with one attached hydrogen (secondary N) is 2. The van der Waals surface area contributed by atoms with E-state index in [9.17, 15) is 4.79 Å². The Labute approximate surface area is 107 Å². The summed E-state index contributed by atoms with van der Waals surface area (Å²) in [5.74, 6) is 0.307. The Morgan fingerprint density at radius 2 is 2.22 bits per heavy atom. The molecule has 0 radical (unpaired) electrons. The van der Waals surface area contributed by atoms with Gasteiger partial charge in [0.05, 0.1) is 12.2 Å². The molecule has 1 aliphatic carbocycles. The lowest BCUT2D eigenvalue weighted by atomic mass is 9.83. The fourth-order valence-corrected chi connectivity index (χ4v) is 2.89. The molecule has 4 nitrogen and oxygen atoms in total. The van der Waals surface area contributed by atoms with Crippen molar-refractivity contribution in [3.63, 3.8) is 0 Å². The molecule has 2 atom stereocenters. The average Bonchev–Trinajstić information content (AvgIpc) is 2.88. The van der Waals surface area contributed by atoms with Crippen molar-refractivity contribution in [3.8, 4) is 0 Å². The minimum atomic E-state index is -0.0187. The number of ether oxygens (including phenoxy) is 1. The number of ketones is 1. The van der Waals surface area contributed by atoms with E-state index < -0.39 is 0 Å². The summed E-state index contributed by atoms with van der Waals surface area (Å²) in [7, 11) is 0. The van der Waals surface area contributed by atoms with Gasteiger partial charge in [0.25, 0.3) is 0 Å². The van der Waals surface area contributed by atoms with Gasteiger partial charge in [-0.15, -0.1) is 0 Å². The molecule has 3 rings (SSSR count). The van der Waals surface area contributed by atoms with E-state index in [1.807, 2.05) is 12.2 Å². The van der Waals surface area contributed by atoms with Crippen LogP contribution in [0.4, 0.5) is 0 Å². The highest BCUT2D eigenvalue weighted by Gasteiger charge is 2.34. The molecule has 2 unspecified atom stereocenters. The van der Waals surface area contributed by atoms with Gasteiger partial charge in [0, 0.05) is 24.1 Å². The molecule has 3 aliphatic rings. The second kappa shape index (κ2) is 5.24. The van der Waals surface area contributed by atoms with Crippen molar-refractivity contribution < 1.29 is 9.53 Å². The van der Waals surface area contributed by atoms with Crippen molar-refractivity contribution in [2.24, 2.45) is 11.8 Å². The van der Waals surface area contributed by atoms with Crippen LogP contribution in [-0.2, 0) is 9.53 Å². The Kier molecular flexibility index (Phi) is 3.48. The monoisotopic (exact) mass is 248 g/mol. The Bertz CT molecular complexity index is 383. The van der Waals surface area contributed by atoms with Crippen LogP contribution in [-0.4, -0.2) is 38.1 Å². The quantitative estimate of drug-likeness (QED) is 0.768. The summed E-state index contributed by atoms with van der Waals surface area (Å²) in [5.41, 5.74) is 1.04. The van der Waals surface area contributed by atoms with Crippen molar-refractivity contribution in [1.29, 1.82) is 0 Å². The van der Waals surface area contributed by atoms with Crippen molar-refractivity contribution >= 4 is 5.78 Å². The summed E-state index contributed by atoms with van der Waals surface area (Å²) < 4.78 is 5.24. The maximum Gasteiger partial charge on any atom is 0.151 e. The van der Waals surface area contributed by atoms with Crippen molar-refractivity contribution in [2.45, 2.75) is 18.9 Å². The molecule has 98 valence electrons. The zero-order valence-electron chi connectivity index (χ0n) is 10.5. The van der Waals surface area contributed by atoms with Crippen molar-refractivity contribution in [2.75, 3.05) is 26.2 Å². The molecule has 2 N–H and O–H groups in total. The van der Waals surface area contributed by atoms with Gasteiger partial charge in [-0.3, -0.25) is 4.79 Å². The molecule has 2 heterocycles. The lowest BCUT2D eigenvalue weighted by molar-refractivity contribution is -0.124. The van der Waals surface area contributed by atoms with Gasteiger partial charge in [0.1, 0.15) is 6.61 Å². The molecular weight excluding hydrogens is 228 g/mol. The maximum atomic E-state index is 12.3. The third-order valence-corrected chi connectivity index (χ3v) is 4.08. The van der Waals surface area contributed by atoms with Crippen LogP contribution in [0.3, 0.4) is 0 Å². The van der Waals surface area contributed by atoms with Crippen molar-refractivity contribution in [1.82, 2.24) is 10.6 Å². The van der Waals surface area contributed by atoms with Gasteiger partial charge in [-0.05, 0) is 25.9 Å². The lowest BCUT2D eigenvalue weighted by Gasteiger charge is -2.27. The number of carbonyl (C=O) groups excluding carboxylic acids is 1. The molecule has 4 heteroatoms. The molecule has 0 saturated carbocycles. The fourth-order valence-electron chi connectivity index (χ4n) is 2.89. The number of carbonyl (C=O) groups is 1. The van der Waals surface area contributed by atoms with Gasteiger partial charge in [-0.1, -0.05) is 12.2 Å². The second-order valence-corrected chi connectivity index (χ2v) is 5.30. The summed E-state index contributed by atoms with van der Waals surface area (Å²) in [6.45, 7) is 3.46. The number of hydrogen-bond acceptors (Lipinski definition) is 4. The molecule has 0 spiro atoms. The third-order valence-electron chi connectivity index (χ3n) is 4.08. The number of fused-ring (bicyclic) bond motifs is 1. The highest BCUT2D eigenvalue weighted by molar-refractivity contribution is 5.90. The van der Waals surface area contributed by atoms with Gasteiger partial charge < -0.3 is 15.4 Å². The Hall–Kier alpha value is -1.13. The lowest BCUT2D eigenvalue weighted by Crippen LogP contribution is -2.43. The van der Waals surface area contributed by atoms with E-state index in [2.05, 4.69) is 10.6 Å². The predicted molar refractivity (Wildman–Crippen MR) is 69.1 cm³/mol. The molecule has 1 saturated heterocycles. The van der Waals surface area contributed by atoms with Crippen LogP contribution >= 0.6 is 0 Å². The van der Waals surface area contributed by atoms with E-state index in [1.165, 1.54) is 0 Å². The van der Waals surface area contributed by atoms with Crippen molar-refractivity contribution in [3.05, 3.63) is 24.0 Å². The van der Waals surface area contributed by atoms with Crippen LogP contribution in [0, 0.1) is 11.8 Å². The Morgan fingerprint density at radius 3 is 3.06 bits per heavy atom. The van der Waals surface area contributed by atoms with E-state index >= 15 is 0 Å². The summed E-state index contributed by atoms with van der Waals surface area (Å²) >= 11 is 0. The summed E-state index contributed by atoms with van der Waals surface area (Å²) in [6.07, 6.45) is 8.10. The topological polar surface area (TPSA) is 50.4 Å². The van der Waals surface area contributed by atoms with Gasteiger partial charge in [-0.25, -0.2) is 0 Å². The average molecular weight is 248 g/mol.